The molecule has 0 bridgehead atoms. The van der Waals surface area contributed by atoms with E-state index in [2.05, 4.69) is 50.4 Å². The van der Waals surface area contributed by atoms with Crippen LogP contribution in [0.1, 0.15) is 49.7 Å². The Labute approximate surface area is 150 Å². The second-order valence-electron chi connectivity index (χ2n) is 6.94. The van der Waals surface area contributed by atoms with Crippen molar-refractivity contribution >= 4 is 11.6 Å². The van der Waals surface area contributed by atoms with Gasteiger partial charge in [0.25, 0.3) is 0 Å². The Bertz CT molecular complexity index is 749. The topological polar surface area (TPSA) is 68.0 Å². The number of rotatable bonds is 6. The van der Waals surface area contributed by atoms with E-state index in [1.54, 1.807) is 0 Å². The van der Waals surface area contributed by atoms with Crippen LogP contribution in [0.15, 0.2) is 24.3 Å². The number of aryl methyl sites for hydroxylation is 2. The van der Waals surface area contributed by atoms with E-state index in [4.69, 9.17) is 10.7 Å². The van der Waals surface area contributed by atoms with Crippen molar-refractivity contribution in [2.45, 2.75) is 54.0 Å². The van der Waals surface area contributed by atoms with Gasteiger partial charge in [-0.1, -0.05) is 50.6 Å². The van der Waals surface area contributed by atoms with Gasteiger partial charge in [-0.05, 0) is 37.3 Å². The molecule has 0 unspecified atom stereocenters. The number of pyridine rings is 1. The van der Waals surface area contributed by atoms with E-state index < -0.39 is 0 Å². The summed E-state index contributed by atoms with van der Waals surface area (Å²) >= 11 is 0. The summed E-state index contributed by atoms with van der Waals surface area (Å²) in [6.45, 7) is 10.6. The largest absolute Gasteiger partial charge is 0.326 e. The summed E-state index contributed by atoms with van der Waals surface area (Å²) < 4.78 is 0. The summed E-state index contributed by atoms with van der Waals surface area (Å²) in [6.07, 6.45) is 1.30. The molecule has 0 saturated carbocycles. The molecule has 1 amide bonds. The number of benzene rings is 1. The van der Waals surface area contributed by atoms with E-state index >= 15 is 0 Å². The quantitative estimate of drug-likeness (QED) is 0.821. The first-order valence-electron chi connectivity index (χ1n) is 8.96. The van der Waals surface area contributed by atoms with Crippen molar-refractivity contribution in [3.8, 4) is 11.1 Å². The van der Waals surface area contributed by atoms with Gasteiger partial charge >= 0.3 is 0 Å². The highest BCUT2D eigenvalue weighted by Crippen LogP contribution is 2.36. The highest BCUT2D eigenvalue weighted by molar-refractivity contribution is 5.97. The fourth-order valence-electron chi connectivity index (χ4n) is 3.00. The van der Waals surface area contributed by atoms with E-state index in [9.17, 15) is 4.79 Å². The normalized spacial score (nSPS) is 11.0. The van der Waals surface area contributed by atoms with Crippen molar-refractivity contribution in [1.82, 2.24) is 4.98 Å². The molecule has 2 aromatic rings. The molecule has 0 aliphatic heterocycles. The summed E-state index contributed by atoms with van der Waals surface area (Å²) in [7, 11) is 0. The second kappa shape index (κ2) is 8.26. The van der Waals surface area contributed by atoms with Crippen LogP contribution in [-0.2, 0) is 17.8 Å². The summed E-state index contributed by atoms with van der Waals surface area (Å²) in [5.41, 5.74) is 13.1. The molecule has 4 nitrogen and oxygen atoms in total. The number of amides is 1. The maximum absolute atomic E-state index is 12.1. The molecule has 3 N–H and O–H groups in total. The van der Waals surface area contributed by atoms with Crippen LogP contribution in [0.4, 0.5) is 5.69 Å². The van der Waals surface area contributed by atoms with Gasteiger partial charge in [0.15, 0.2) is 0 Å². The molecule has 134 valence electrons. The van der Waals surface area contributed by atoms with Crippen LogP contribution in [0, 0.1) is 19.8 Å². The van der Waals surface area contributed by atoms with Crippen LogP contribution < -0.4 is 11.1 Å². The maximum atomic E-state index is 12.1. The van der Waals surface area contributed by atoms with Crippen molar-refractivity contribution in [2.24, 2.45) is 11.7 Å². The van der Waals surface area contributed by atoms with Crippen LogP contribution in [0.3, 0.4) is 0 Å². The van der Waals surface area contributed by atoms with Gasteiger partial charge in [0.05, 0.1) is 11.4 Å². The van der Waals surface area contributed by atoms with E-state index in [1.807, 2.05) is 13.8 Å². The Morgan fingerprint density at radius 3 is 2.36 bits per heavy atom. The lowest BCUT2D eigenvalue weighted by molar-refractivity contribution is -0.115. The zero-order valence-corrected chi connectivity index (χ0v) is 15.9. The third kappa shape index (κ3) is 4.45. The molecule has 25 heavy (non-hydrogen) atoms. The number of hydrogen-bond donors (Lipinski definition) is 2. The first-order valence-corrected chi connectivity index (χ1v) is 8.96. The van der Waals surface area contributed by atoms with Crippen LogP contribution >= 0.6 is 0 Å². The number of carbonyl (C=O) groups is 1. The van der Waals surface area contributed by atoms with Gasteiger partial charge in [0.2, 0.25) is 5.91 Å². The van der Waals surface area contributed by atoms with Gasteiger partial charge in [-0.3, -0.25) is 9.78 Å². The third-order valence-electron chi connectivity index (χ3n) is 4.30. The zero-order valence-electron chi connectivity index (χ0n) is 15.9. The first kappa shape index (κ1) is 19.1. The van der Waals surface area contributed by atoms with Gasteiger partial charge in [0.1, 0.15) is 0 Å². The molecule has 0 spiro atoms. The highest BCUT2D eigenvalue weighted by Gasteiger charge is 2.20. The average molecular weight is 339 g/mol. The maximum Gasteiger partial charge on any atom is 0.224 e. The molecule has 0 atom stereocenters. The van der Waals surface area contributed by atoms with Gasteiger partial charge in [-0.2, -0.15) is 0 Å². The van der Waals surface area contributed by atoms with Crippen molar-refractivity contribution in [2.75, 3.05) is 5.32 Å². The number of nitrogens with zero attached hydrogens (tertiary/aromatic N) is 1. The lowest BCUT2D eigenvalue weighted by Crippen LogP contribution is -2.17. The fraction of sp³-hybridized carbons (Fsp3) is 0.429. The lowest BCUT2D eigenvalue weighted by Gasteiger charge is -2.21. The Kier molecular flexibility index (Phi) is 6.32. The highest BCUT2D eigenvalue weighted by atomic mass is 16.1. The number of hydrogen-bond acceptors (Lipinski definition) is 3. The zero-order chi connectivity index (χ0) is 18.6. The predicted molar refractivity (Wildman–Crippen MR) is 105 cm³/mol. The van der Waals surface area contributed by atoms with Crippen LogP contribution in [0.5, 0.6) is 0 Å². The van der Waals surface area contributed by atoms with Gasteiger partial charge in [-0.25, -0.2) is 0 Å². The van der Waals surface area contributed by atoms with E-state index in [0.717, 1.165) is 40.2 Å². The first-order chi connectivity index (χ1) is 11.9. The standard InChI is InChI=1S/C21H29N3O/c1-6-19(25)24-21-15(5)23-18(11-13(2)3)17(12-22)20(21)16-9-7-14(4)8-10-16/h7-10,13H,6,11-12,22H2,1-5H3,(H,24,25). The minimum absolute atomic E-state index is 0.0159. The Hall–Kier alpha value is -2.20. The molecule has 1 aromatic carbocycles. The van der Waals surface area contributed by atoms with Crippen LogP contribution in [0.2, 0.25) is 0 Å². The second-order valence-corrected chi connectivity index (χ2v) is 6.94. The molecular formula is C21H29N3O. The Morgan fingerprint density at radius 1 is 1.20 bits per heavy atom. The molecule has 2 rings (SSSR count). The molecular weight excluding hydrogens is 310 g/mol. The molecule has 0 fully saturated rings. The fourth-order valence-corrected chi connectivity index (χ4v) is 3.00. The minimum Gasteiger partial charge on any atom is -0.326 e. The predicted octanol–water partition coefficient (Wildman–Crippen LogP) is 4.37. The third-order valence-corrected chi connectivity index (χ3v) is 4.30. The summed E-state index contributed by atoms with van der Waals surface area (Å²) in [6, 6.07) is 8.34. The van der Waals surface area contributed by atoms with Gasteiger partial charge in [0, 0.05) is 24.2 Å². The number of nitrogens with one attached hydrogen (secondary N) is 1. The van der Waals surface area contributed by atoms with Crippen molar-refractivity contribution in [3.63, 3.8) is 0 Å². The molecule has 1 aromatic heterocycles. The van der Waals surface area contributed by atoms with Crippen molar-refractivity contribution in [3.05, 3.63) is 46.8 Å². The number of carbonyl (C=O) groups excluding carboxylic acids is 1. The Morgan fingerprint density at radius 2 is 1.84 bits per heavy atom. The van der Waals surface area contributed by atoms with Gasteiger partial charge in [-0.15, -0.1) is 0 Å². The number of nitrogens with two attached hydrogens (primary N) is 1. The summed E-state index contributed by atoms with van der Waals surface area (Å²) in [5, 5.41) is 3.04. The van der Waals surface area contributed by atoms with Crippen LogP contribution in [0.25, 0.3) is 11.1 Å². The van der Waals surface area contributed by atoms with E-state index in [0.29, 0.717) is 18.9 Å². The molecule has 0 radical (unpaired) electrons. The number of anilines is 1. The van der Waals surface area contributed by atoms with Gasteiger partial charge < -0.3 is 11.1 Å². The summed E-state index contributed by atoms with van der Waals surface area (Å²) in [4.78, 5) is 16.8. The smallest absolute Gasteiger partial charge is 0.224 e. The monoisotopic (exact) mass is 339 g/mol. The molecule has 1 heterocycles. The Balaban J connectivity index is 2.73. The SMILES string of the molecule is CCC(=O)Nc1c(C)nc(CC(C)C)c(CN)c1-c1ccc(C)cc1. The van der Waals surface area contributed by atoms with Crippen molar-refractivity contribution < 1.29 is 4.79 Å². The lowest BCUT2D eigenvalue weighted by atomic mass is 9.92. The van der Waals surface area contributed by atoms with E-state index in [-0.39, 0.29) is 5.91 Å². The molecule has 4 heteroatoms. The number of aromatic nitrogens is 1. The van der Waals surface area contributed by atoms with Crippen molar-refractivity contribution in [1.29, 1.82) is 0 Å². The van der Waals surface area contributed by atoms with Crippen LogP contribution in [-0.4, -0.2) is 10.9 Å². The molecule has 0 saturated heterocycles. The van der Waals surface area contributed by atoms with E-state index in [1.165, 1.54) is 5.56 Å². The molecule has 0 aliphatic carbocycles. The molecule has 0 aliphatic rings. The minimum atomic E-state index is -0.0159. The average Bonchev–Trinajstić information content (AvgIpc) is 2.57. The summed E-state index contributed by atoms with van der Waals surface area (Å²) in [5.74, 6) is 0.469.